The molecule has 0 aliphatic rings. The summed E-state index contributed by atoms with van der Waals surface area (Å²) < 4.78 is 18.5. The number of hydrogen-bond donors (Lipinski definition) is 2. The highest BCUT2D eigenvalue weighted by Gasteiger charge is 2.19. The minimum atomic E-state index is -0.850. The first-order valence-electron chi connectivity index (χ1n) is 22.1. The molecule has 0 aliphatic heterocycles. The maximum atomic E-state index is 11.6. The van der Waals surface area contributed by atoms with Gasteiger partial charge in [-0.1, -0.05) is 105 Å². The quantitative estimate of drug-likeness (QED) is 0.109. The first-order valence-corrected chi connectivity index (χ1v) is 23.6. The predicted octanol–water partition coefficient (Wildman–Crippen LogP) is 12.2. The summed E-state index contributed by atoms with van der Waals surface area (Å²) in [6.45, 7) is 5.96. The van der Waals surface area contributed by atoms with Crippen LogP contribution in [-0.4, -0.2) is 46.7 Å². The lowest BCUT2D eigenvalue weighted by molar-refractivity contribution is -0.137. The Bertz CT molecular complexity index is 3250. The Morgan fingerprint density at radius 1 is 0.522 bits per heavy atom. The van der Waals surface area contributed by atoms with Crippen molar-refractivity contribution in [3.05, 3.63) is 212 Å². The monoisotopic (exact) mass is 1050 g/mol. The van der Waals surface area contributed by atoms with Gasteiger partial charge in [-0.3, -0.25) is 9.59 Å². The molecule has 0 bridgehead atoms. The highest BCUT2D eigenvalue weighted by atomic mass is 79.9. The van der Waals surface area contributed by atoms with Crippen LogP contribution in [0.3, 0.4) is 0 Å². The lowest BCUT2D eigenvalue weighted by Crippen LogP contribution is -2.05. The van der Waals surface area contributed by atoms with Crippen LogP contribution in [0.15, 0.2) is 167 Å². The normalized spacial score (nSPS) is 11.1. The lowest BCUT2D eigenvalue weighted by atomic mass is 10.1. The Balaban J connectivity index is 0.000000183. The molecule has 10 aromatic rings. The molecule has 0 saturated heterocycles. The van der Waals surface area contributed by atoms with E-state index >= 15 is 0 Å². The number of hydrogen-bond acceptors (Lipinski definition) is 6. The van der Waals surface area contributed by atoms with Gasteiger partial charge in [-0.05, 0) is 121 Å². The number of para-hydroxylation sites is 2. The van der Waals surface area contributed by atoms with Gasteiger partial charge in [-0.25, -0.2) is 9.97 Å². The first kappa shape index (κ1) is 48.1. The maximum absolute atomic E-state index is 11.6. The van der Waals surface area contributed by atoms with Crippen molar-refractivity contribution in [3.8, 4) is 11.5 Å². The minimum Gasteiger partial charge on any atom is -0.487 e. The molecule has 0 fully saturated rings. The number of nitrogens with zero attached hydrogens (tertiary/aromatic N) is 4. The molecule has 11 nitrogen and oxygen atoms in total. The molecule has 0 atom stereocenters. The zero-order valence-corrected chi connectivity index (χ0v) is 41.0. The number of carbonyl (C=O) groups is 2. The molecule has 69 heavy (non-hydrogen) atoms. The third-order valence-electron chi connectivity index (χ3n) is 12.1. The van der Waals surface area contributed by atoms with Crippen LogP contribution in [0.25, 0.3) is 43.6 Å². The number of ether oxygens (including phenoxy) is 2. The minimum absolute atomic E-state index is 0. The Morgan fingerprint density at radius 3 is 1.30 bits per heavy atom. The van der Waals surface area contributed by atoms with Crippen LogP contribution in [0.5, 0.6) is 11.5 Å². The summed E-state index contributed by atoms with van der Waals surface area (Å²) in [7, 11) is 0. The van der Waals surface area contributed by atoms with Crippen LogP contribution in [-0.2, 0) is 48.7 Å². The predicted molar refractivity (Wildman–Crippen MR) is 278 cm³/mol. The maximum Gasteiger partial charge on any atom is 0.307 e. The van der Waals surface area contributed by atoms with Gasteiger partial charge >= 0.3 is 11.9 Å². The lowest BCUT2D eigenvalue weighted by Gasteiger charge is -2.10. The van der Waals surface area contributed by atoms with E-state index in [0.29, 0.717) is 37.8 Å². The molecule has 4 aromatic heterocycles. The summed E-state index contributed by atoms with van der Waals surface area (Å²) in [6.07, 6.45) is -0.0727. The fourth-order valence-corrected chi connectivity index (χ4v) is 9.16. The van der Waals surface area contributed by atoms with Gasteiger partial charge in [0.15, 0.2) is 0 Å². The number of carboxylic acid groups (broad SMARTS) is 2. The van der Waals surface area contributed by atoms with Crippen LogP contribution in [0.4, 0.5) is 0 Å². The third-order valence-corrected chi connectivity index (χ3v) is 13.2. The van der Waals surface area contributed by atoms with E-state index in [4.69, 9.17) is 9.47 Å². The van der Waals surface area contributed by atoms with Gasteiger partial charge in [-0.2, -0.15) is 0 Å². The van der Waals surface area contributed by atoms with E-state index in [1.54, 1.807) is 0 Å². The topological polar surface area (TPSA) is 160 Å². The van der Waals surface area contributed by atoms with Gasteiger partial charge in [0, 0.05) is 66.0 Å². The summed E-state index contributed by atoms with van der Waals surface area (Å²) in [5.74, 6) is -0.320. The summed E-state index contributed by atoms with van der Waals surface area (Å²) in [5.41, 5.74) is 11.4. The van der Waals surface area contributed by atoms with Gasteiger partial charge in [0.1, 0.15) is 24.7 Å². The number of halogens is 2. The molecule has 4 heterocycles. The van der Waals surface area contributed by atoms with E-state index in [1.165, 1.54) is 0 Å². The van der Waals surface area contributed by atoms with Crippen LogP contribution in [0.1, 0.15) is 45.0 Å². The van der Waals surface area contributed by atoms with E-state index in [9.17, 15) is 19.8 Å². The number of carboxylic acids is 2. The fraction of sp³-hybridized carbons (Fsp3) is 0.143. The third kappa shape index (κ3) is 11.2. The van der Waals surface area contributed by atoms with Crippen LogP contribution < -0.4 is 9.47 Å². The SMILES string of the molecule is Cc1c(CC(=O)O)c2cc(OCc3ccc4ccccc4n3)ccc2n1Cc1ccc(Br)cc1.Cc1c(CC(=O)O)c2cc(OCc3ccc4ccccc4n3)ccc2n1Cc1ccc(Br)cc1.O. The smallest absolute Gasteiger partial charge is 0.307 e. The number of fused-ring (bicyclic) bond motifs is 4. The number of rotatable bonds is 14. The summed E-state index contributed by atoms with van der Waals surface area (Å²) in [5, 5.41) is 23.1. The second-order valence-corrected chi connectivity index (χ2v) is 18.5. The van der Waals surface area contributed by atoms with Crippen LogP contribution >= 0.6 is 31.9 Å². The standard InChI is InChI=1S/2C28H23BrN2O3.H2O/c2*1-18-24(15-28(32)33)25-14-23(34-17-22-11-8-20-4-2-3-5-26(20)30-22)12-13-27(25)31(18)16-19-6-9-21(29)10-7-19;/h2*2-14H,15-17H2,1H3,(H,32,33);1H2. The Morgan fingerprint density at radius 2 is 0.913 bits per heavy atom. The molecule has 0 spiro atoms. The Kier molecular flexibility index (Phi) is 14.9. The number of pyridine rings is 2. The van der Waals surface area contributed by atoms with Crippen LogP contribution in [0.2, 0.25) is 0 Å². The van der Waals surface area contributed by atoms with Crippen molar-refractivity contribution < 1.29 is 34.8 Å². The van der Waals surface area contributed by atoms with Gasteiger partial charge < -0.3 is 34.3 Å². The molecule has 0 aliphatic carbocycles. The average Bonchev–Trinajstić information content (AvgIpc) is 3.74. The van der Waals surface area contributed by atoms with Crippen molar-refractivity contribution in [3.63, 3.8) is 0 Å². The van der Waals surface area contributed by atoms with Crippen LogP contribution in [0, 0.1) is 13.8 Å². The first-order chi connectivity index (χ1) is 32.9. The van der Waals surface area contributed by atoms with E-state index in [0.717, 1.165) is 97.6 Å². The van der Waals surface area contributed by atoms with Crippen molar-refractivity contribution >= 4 is 87.4 Å². The van der Waals surface area contributed by atoms with E-state index in [1.807, 2.05) is 147 Å². The molecule has 6 aromatic carbocycles. The van der Waals surface area contributed by atoms with Crippen molar-refractivity contribution in [1.82, 2.24) is 19.1 Å². The highest BCUT2D eigenvalue weighted by Crippen LogP contribution is 2.33. The summed E-state index contributed by atoms with van der Waals surface area (Å²) in [4.78, 5) is 32.6. The zero-order valence-electron chi connectivity index (χ0n) is 37.8. The van der Waals surface area contributed by atoms with E-state index in [2.05, 4.69) is 75.2 Å². The number of aromatic nitrogens is 4. The van der Waals surface area contributed by atoms with Gasteiger partial charge in [0.05, 0.1) is 35.3 Å². The molecular weight excluding hydrogens is 1000 g/mol. The zero-order chi connectivity index (χ0) is 47.3. The van der Waals surface area contributed by atoms with Gasteiger partial charge in [0.2, 0.25) is 0 Å². The summed E-state index contributed by atoms with van der Waals surface area (Å²) in [6, 6.07) is 52.1. The number of benzene rings is 6. The Labute approximate surface area is 415 Å². The largest absolute Gasteiger partial charge is 0.487 e. The molecule has 348 valence electrons. The van der Waals surface area contributed by atoms with E-state index in [-0.39, 0.29) is 18.3 Å². The average molecular weight is 1050 g/mol. The molecule has 0 amide bonds. The molecule has 13 heteroatoms. The van der Waals surface area contributed by atoms with Crippen molar-refractivity contribution in [2.75, 3.05) is 0 Å². The highest BCUT2D eigenvalue weighted by molar-refractivity contribution is 9.10. The summed E-state index contributed by atoms with van der Waals surface area (Å²) >= 11 is 6.95. The molecule has 0 radical (unpaired) electrons. The molecular formula is C56H48Br2N4O7. The Hall–Kier alpha value is -7.32. The second-order valence-electron chi connectivity index (χ2n) is 16.6. The van der Waals surface area contributed by atoms with Gasteiger partial charge in [-0.15, -0.1) is 0 Å². The van der Waals surface area contributed by atoms with Crippen molar-refractivity contribution in [1.29, 1.82) is 0 Å². The van der Waals surface area contributed by atoms with Crippen molar-refractivity contribution in [2.24, 2.45) is 0 Å². The second kappa shape index (κ2) is 21.3. The molecule has 4 N–H and O–H groups in total. The van der Waals surface area contributed by atoms with Crippen molar-refractivity contribution in [2.45, 2.75) is 53.0 Å². The molecule has 10 rings (SSSR count). The van der Waals surface area contributed by atoms with Gasteiger partial charge in [0.25, 0.3) is 0 Å². The molecule has 0 unspecified atom stereocenters. The number of aliphatic carboxylic acids is 2. The molecule has 0 saturated carbocycles. The fourth-order valence-electron chi connectivity index (χ4n) is 8.63. The van der Waals surface area contributed by atoms with E-state index < -0.39 is 11.9 Å².